The summed E-state index contributed by atoms with van der Waals surface area (Å²) in [6, 6.07) is 2.90. The van der Waals surface area contributed by atoms with Crippen molar-refractivity contribution < 1.29 is 14.7 Å². The summed E-state index contributed by atoms with van der Waals surface area (Å²) in [4.78, 5) is 28.9. The van der Waals surface area contributed by atoms with E-state index in [1.54, 1.807) is 17.0 Å². The van der Waals surface area contributed by atoms with Crippen LogP contribution in [0.4, 0.5) is 10.5 Å². The first-order valence-electron chi connectivity index (χ1n) is 7.25. The van der Waals surface area contributed by atoms with Crippen molar-refractivity contribution in [3.05, 3.63) is 24.0 Å². The number of carboxylic acid groups (broad SMARTS) is 1. The Kier molecular flexibility index (Phi) is 4.45. The number of aromatic nitrogens is 1. The van der Waals surface area contributed by atoms with Gasteiger partial charge >= 0.3 is 12.0 Å². The maximum Gasteiger partial charge on any atom is 0.356 e. The van der Waals surface area contributed by atoms with Gasteiger partial charge in [-0.1, -0.05) is 13.8 Å². The number of rotatable bonds is 4. The van der Waals surface area contributed by atoms with Gasteiger partial charge in [0.25, 0.3) is 0 Å². The van der Waals surface area contributed by atoms with Gasteiger partial charge in [0, 0.05) is 19.3 Å². The van der Waals surface area contributed by atoms with E-state index in [9.17, 15) is 9.59 Å². The maximum absolute atomic E-state index is 12.3. The van der Waals surface area contributed by atoms with Gasteiger partial charge in [0.15, 0.2) is 5.69 Å². The van der Waals surface area contributed by atoms with E-state index in [1.165, 1.54) is 6.20 Å². The highest BCUT2D eigenvalue weighted by Gasteiger charge is 2.37. The third-order valence-corrected chi connectivity index (χ3v) is 4.48. The van der Waals surface area contributed by atoms with Crippen LogP contribution in [0, 0.1) is 5.41 Å². The summed E-state index contributed by atoms with van der Waals surface area (Å²) in [7, 11) is 0. The van der Waals surface area contributed by atoms with Crippen LogP contribution in [-0.2, 0) is 0 Å². The minimum atomic E-state index is -1.15. The molecule has 2 amide bonds. The fourth-order valence-corrected chi connectivity index (χ4v) is 2.81. The van der Waals surface area contributed by atoms with Crippen molar-refractivity contribution in [2.75, 3.05) is 18.4 Å². The molecule has 2 N–H and O–H groups in total. The first kappa shape index (κ1) is 15.3. The monoisotopic (exact) mass is 291 g/mol. The lowest BCUT2D eigenvalue weighted by atomic mass is 9.82. The van der Waals surface area contributed by atoms with E-state index >= 15 is 0 Å². The van der Waals surface area contributed by atoms with Gasteiger partial charge in [0.2, 0.25) is 0 Å². The summed E-state index contributed by atoms with van der Waals surface area (Å²) >= 11 is 0. The van der Waals surface area contributed by atoms with Crippen molar-refractivity contribution >= 4 is 17.7 Å². The summed E-state index contributed by atoms with van der Waals surface area (Å²) in [6.07, 6.45) is 4.47. The lowest BCUT2D eigenvalue weighted by Crippen LogP contribution is -2.35. The van der Waals surface area contributed by atoms with Gasteiger partial charge in [-0.15, -0.1) is 0 Å². The van der Waals surface area contributed by atoms with Crippen molar-refractivity contribution in [3.63, 3.8) is 0 Å². The van der Waals surface area contributed by atoms with E-state index in [1.807, 2.05) is 0 Å². The number of anilines is 1. The van der Waals surface area contributed by atoms with Gasteiger partial charge in [-0.2, -0.15) is 0 Å². The zero-order valence-corrected chi connectivity index (χ0v) is 12.4. The molecule has 0 saturated carbocycles. The third kappa shape index (κ3) is 3.15. The maximum atomic E-state index is 12.3. The van der Waals surface area contributed by atoms with E-state index in [-0.39, 0.29) is 22.8 Å². The Balaban J connectivity index is 2.08. The fourth-order valence-electron chi connectivity index (χ4n) is 2.81. The van der Waals surface area contributed by atoms with Crippen LogP contribution in [0.1, 0.15) is 43.6 Å². The quantitative estimate of drug-likeness (QED) is 0.893. The highest BCUT2D eigenvalue weighted by molar-refractivity contribution is 5.98. The Morgan fingerprint density at radius 2 is 2.14 bits per heavy atom. The molecule has 6 nitrogen and oxygen atoms in total. The second kappa shape index (κ2) is 6.11. The van der Waals surface area contributed by atoms with E-state index < -0.39 is 5.97 Å². The molecular formula is C15H21N3O3. The normalized spacial score (nSPS) is 16.8. The van der Waals surface area contributed by atoms with Crippen LogP contribution in [0.5, 0.6) is 0 Å². The smallest absolute Gasteiger partial charge is 0.356 e. The molecule has 2 heterocycles. The summed E-state index contributed by atoms with van der Waals surface area (Å²) in [5, 5.41) is 11.7. The van der Waals surface area contributed by atoms with Crippen molar-refractivity contribution in [3.8, 4) is 0 Å². The molecule has 1 aliphatic heterocycles. The molecule has 1 aliphatic rings. The second-order valence-corrected chi connectivity index (χ2v) is 5.51. The summed E-state index contributed by atoms with van der Waals surface area (Å²) < 4.78 is 0. The first-order chi connectivity index (χ1) is 10.0. The number of carboxylic acids is 1. The van der Waals surface area contributed by atoms with Gasteiger partial charge in [-0.05, 0) is 36.8 Å². The predicted molar refractivity (Wildman–Crippen MR) is 79.4 cm³/mol. The van der Waals surface area contributed by atoms with Gasteiger partial charge in [-0.3, -0.25) is 0 Å². The number of aromatic carboxylic acids is 1. The van der Waals surface area contributed by atoms with Crippen LogP contribution in [0.25, 0.3) is 0 Å². The summed E-state index contributed by atoms with van der Waals surface area (Å²) in [6.45, 7) is 5.72. The molecule has 0 bridgehead atoms. The third-order valence-electron chi connectivity index (χ3n) is 4.48. The fraction of sp³-hybridized carbons (Fsp3) is 0.533. The highest BCUT2D eigenvalue weighted by Crippen LogP contribution is 2.37. The van der Waals surface area contributed by atoms with Gasteiger partial charge in [-0.25, -0.2) is 14.6 Å². The van der Waals surface area contributed by atoms with E-state index in [0.29, 0.717) is 13.1 Å². The molecule has 0 aromatic carbocycles. The van der Waals surface area contributed by atoms with E-state index in [2.05, 4.69) is 24.1 Å². The number of hydrogen-bond acceptors (Lipinski definition) is 3. The standard InChI is InChI=1S/C15H21N3O3/c1-3-15(4-2)7-9-18(10-15)14(21)17-11-6-5-8-16-12(11)13(19)20/h5-6,8H,3-4,7,9-10H2,1-2H3,(H,17,21)(H,19,20). The topological polar surface area (TPSA) is 82.5 Å². The van der Waals surface area contributed by atoms with Crippen LogP contribution >= 0.6 is 0 Å². The minimum Gasteiger partial charge on any atom is -0.476 e. The zero-order valence-electron chi connectivity index (χ0n) is 12.4. The molecule has 21 heavy (non-hydrogen) atoms. The minimum absolute atomic E-state index is 0.137. The molecule has 6 heteroatoms. The highest BCUT2D eigenvalue weighted by atomic mass is 16.4. The molecule has 0 unspecified atom stereocenters. The van der Waals surface area contributed by atoms with E-state index in [0.717, 1.165) is 19.3 Å². The number of likely N-dealkylation sites (tertiary alicyclic amines) is 1. The molecule has 0 aliphatic carbocycles. The summed E-state index contributed by atoms with van der Waals surface area (Å²) in [5.74, 6) is -1.15. The molecule has 0 radical (unpaired) electrons. The lowest BCUT2D eigenvalue weighted by Gasteiger charge is -2.26. The van der Waals surface area contributed by atoms with Gasteiger partial charge < -0.3 is 15.3 Å². The van der Waals surface area contributed by atoms with Crippen LogP contribution < -0.4 is 5.32 Å². The van der Waals surface area contributed by atoms with Crippen LogP contribution in [0.3, 0.4) is 0 Å². The number of amides is 2. The van der Waals surface area contributed by atoms with Crippen molar-refractivity contribution in [2.24, 2.45) is 5.41 Å². The number of hydrogen-bond donors (Lipinski definition) is 2. The molecule has 1 aromatic rings. The Hall–Kier alpha value is -2.11. The van der Waals surface area contributed by atoms with Crippen molar-refractivity contribution in [1.82, 2.24) is 9.88 Å². The van der Waals surface area contributed by atoms with Crippen LogP contribution in [-0.4, -0.2) is 40.1 Å². The molecule has 1 aromatic heterocycles. The number of carbonyl (C=O) groups excluding carboxylic acids is 1. The Labute approximate surface area is 124 Å². The molecule has 0 atom stereocenters. The molecule has 0 spiro atoms. The molecule has 114 valence electrons. The van der Waals surface area contributed by atoms with Gasteiger partial charge in [0.1, 0.15) is 0 Å². The van der Waals surface area contributed by atoms with Gasteiger partial charge in [0.05, 0.1) is 5.69 Å². The molecular weight excluding hydrogens is 270 g/mol. The molecule has 2 rings (SSSR count). The Morgan fingerprint density at radius 3 is 2.71 bits per heavy atom. The van der Waals surface area contributed by atoms with Crippen molar-refractivity contribution in [2.45, 2.75) is 33.1 Å². The molecule has 1 saturated heterocycles. The number of carbonyl (C=O) groups is 2. The van der Waals surface area contributed by atoms with E-state index in [4.69, 9.17) is 5.11 Å². The summed E-state index contributed by atoms with van der Waals surface area (Å²) in [5.41, 5.74) is 0.296. The van der Waals surface area contributed by atoms with Crippen LogP contribution in [0.2, 0.25) is 0 Å². The first-order valence-corrected chi connectivity index (χ1v) is 7.25. The largest absolute Gasteiger partial charge is 0.476 e. The SMILES string of the molecule is CCC1(CC)CCN(C(=O)Nc2cccnc2C(=O)O)C1. The predicted octanol–water partition coefficient (Wildman–Crippen LogP) is 2.82. The Bertz CT molecular complexity index is 541. The number of nitrogens with zero attached hydrogens (tertiary/aromatic N) is 2. The average Bonchev–Trinajstić information content (AvgIpc) is 2.93. The average molecular weight is 291 g/mol. The lowest BCUT2D eigenvalue weighted by molar-refractivity contribution is 0.0691. The number of nitrogens with one attached hydrogen (secondary N) is 1. The second-order valence-electron chi connectivity index (χ2n) is 5.51. The Morgan fingerprint density at radius 1 is 1.43 bits per heavy atom. The number of pyridine rings is 1. The zero-order chi connectivity index (χ0) is 15.5. The number of urea groups is 1. The van der Waals surface area contributed by atoms with Crippen LogP contribution in [0.15, 0.2) is 18.3 Å². The van der Waals surface area contributed by atoms with Crippen molar-refractivity contribution in [1.29, 1.82) is 0 Å². The molecule has 1 fully saturated rings.